The van der Waals surface area contributed by atoms with E-state index in [0.29, 0.717) is 35.8 Å². The van der Waals surface area contributed by atoms with Crippen LogP contribution in [0.3, 0.4) is 0 Å². The van der Waals surface area contributed by atoms with Crippen molar-refractivity contribution in [3.8, 4) is 0 Å². The number of benzene rings is 1. The lowest BCUT2D eigenvalue weighted by Gasteiger charge is -2.37. The molecule has 0 spiro atoms. The summed E-state index contributed by atoms with van der Waals surface area (Å²) in [4.78, 5) is 0. The standard InChI is InChI=1S/C24H40N2/c1-15-8-21(9-16(2)23(15)25)13-19-6-5-7-20(12-19)14-22-10-17(3)24(26)18(4)11-22/h5-7,12,15-18,21-24H,8-11,13-14,25-26H2,1-4H3. The molecule has 1 aromatic rings. The van der Waals surface area contributed by atoms with Crippen LogP contribution in [-0.4, -0.2) is 12.1 Å². The van der Waals surface area contributed by atoms with Crippen molar-refractivity contribution in [3.63, 3.8) is 0 Å². The SMILES string of the molecule is CC1CC(Cc2cccc(CC3CC(C)C(N)C(C)C3)c2)CC(C)C1N. The summed E-state index contributed by atoms with van der Waals surface area (Å²) < 4.78 is 0. The zero-order chi connectivity index (χ0) is 18.8. The van der Waals surface area contributed by atoms with Crippen molar-refractivity contribution in [2.45, 2.75) is 78.3 Å². The molecule has 0 aliphatic heterocycles. The van der Waals surface area contributed by atoms with Gasteiger partial charge in [0.2, 0.25) is 0 Å². The van der Waals surface area contributed by atoms with Gasteiger partial charge in [-0.05, 0) is 85.2 Å². The highest BCUT2D eigenvalue weighted by Crippen LogP contribution is 2.36. The van der Waals surface area contributed by atoms with Gasteiger partial charge >= 0.3 is 0 Å². The molecule has 0 heterocycles. The summed E-state index contributed by atoms with van der Waals surface area (Å²) in [5.74, 6) is 4.20. The van der Waals surface area contributed by atoms with Gasteiger partial charge < -0.3 is 11.5 Å². The Labute approximate surface area is 161 Å². The smallest absolute Gasteiger partial charge is 0.00905 e. The quantitative estimate of drug-likeness (QED) is 0.815. The third-order valence-electron chi connectivity index (χ3n) is 7.49. The van der Waals surface area contributed by atoms with E-state index in [9.17, 15) is 0 Å². The number of hydrogen-bond acceptors (Lipinski definition) is 2. The molecule has 0 aromatic heterocycles. The Bertz CT molecular complexity index is 512. The zero-order valence-corrected chi connectivity index (χ0v) is 17.3. The number of hydrogen-bond donors (Lipinski definition) is 2. The number of rotatable bonds is 4. The minimum Gasteiger partial charge on any atom is -0.327 e. The third kappa shape index (κ3) is 4.70. The molecule has 4 unspecified atom stereocenters. The highest BCUT2D eigenvalue weighted by atomic mass is 14.7. The van der Waals surface area contributed by atoms with Crippen LogP contribution >= 0.6 is 0 Å². The van der Waals surface area contributed by atoms with E-state index in [1.165, 1.54) is 49.7 Å². The van der Waals surface area contributed by atoms with E-state index in [2.05, 4.69) is 52.0 Å². The van der Waals surface area contributed by atoms with Crippen molar-refractivity contribution < 1.29 is 0 Å². The average molecular weight is 357 g/mol. The van der Waals surface area contributed by atoms with Crippen molar-refractivity contribution in [2.75, 3.05) is 0 Å². The monoisotopic (exact) mass is 356 g/mol. The maximum absolute atomic E-state index is 6.33. The van der Waals surface area contributed by atoms with Crippen LogP contribution < -0.4 is 11.5 Å². The largest absolute Gasteiger partial charge is 0.327 e. The van der Waals surface area contributed by atoms with Gasteiger partial charge in [-0.25, -0.2) is 0 Å². The highest BCUT2D eigenvalue weighted by molar-refractivity contribution is 5.24. The molecule has 146 valence electrons. The van der Waals surface area contributed by atoms with Crippen molar-refractivity contribution in [2.24, 2.45) is 47.0 Å². The molecule has 0 bridgehead atoms. The fraction of sp³-hybridized carbons (Fsp3) is 0.750. The molecule has 26 heavy (non-hydrogen) atoms. The van der Waals surface area contributed by atoms with Crippen molar-refractivity contribution in [3.05, 3.63) is 35.4 Å². The number of nitrogens with two attached hydrogens (primary N) is 2. The molecule has 4 N–H and O–H groups in total. The van der Waals surface area contributed by atoms with Crippen LogP contribution in [-0.2, 0) is 12.8 Å². The van der Waals surface area contributed by atoms with E-state index in [1.807, 2.05) is 0 Å². The third-order valence-corrected chi connectivity index (χ3v) is 7.49. The predicted molar refractivity (Wildman–Crippen MR) is 112 cm³/mol. The fourth-order valence-corrected chi connectivity index (χ4v) is 5.93. The Hall–Kier alpha value is -0.860. The van der Waals surface area contributed by atoms with Gasteiger partial charge in [0.25, 0.3) is 0 Å². The molecule has 0 radical (unpaired) electrons. The van der Waals surface area contributed by atoms with Crippen molar-refractivity contribution in [1.82, 2.24) is 0 Å². The molecular formula is C24H40N2. The van der Waals surface area contributed by atoms with E-state index >= 15 is 0 Å². The summed E-state index contributed by atoms with van der Waals surface area (Å²) in [6.07, 6.45) is 7.57. The fourth-order valence-electron chi connectivity index (χ4n) is 5.93. The Morgan fingerprint density at radius 2 is 1.04 bits per heavy atom. The first-order valence-electron chi connectivity index (χ1n) is 10.9. The molecule has 2 nitrogen and oxygen atoms in total. The van der Waals surface area contributed by atoms with Gasteiger partial charge in [0.15, 0.2) is 0 Å². The summed E-state index contributed by atoms with van der Waals surface area (Å²) in [6, 6.07) is 10.2. The topological polar surface area (TPSA) is 52.0 Å². The van der Waals surface area contributed by atoms with Gasteiger partial charge in [-0.3, -0.25) is 0 Å². The van der Waals surface area contributed by atoms with Gasteiger partial charge in [0, 0.05) is 12.1 Å². The molecule has 1 aromatic carbocycles. The van der Waals surface area contributed by atoms with Gasteiger partial charge in [-0.1, -0.05) is 52.0 Å². The van der Waals surface area contributed by atoms with E-state index in [-0.39, 0.29) is 0 Å². The van der Waals surface area contributed by atoms with Crippen LogP contribution in [0.4, 0.5) is 0 Å². The first kappa shape index (κ1) is 19.9. The molecule has 2 fully saturated rings. The molecule has 0 amide bonds. The second-order valence-electron chi connectivity index (χ2n) is 9.97. The lowest BCUT2D eigenvalue weighted by molar-refractivity contribution is 0.182. The predicted octanol–water partition coefficient (Wildman–Crippen LogP) is 4.79. The highest BCUT2D eigenvalue weighted by Gasteiger charge is 2.31. The second-order valence-corrected chi connectivity index (χ2v) is 9.97. The first-order valence-corrected chi connectivity index (χ1v) is 10.9. The zero-order valence-electron chi connectivity index (χ0n) is 17.3. The maximum Gasteiger partial charge on any atom is 0.00905 e. The lowest BCUT2D eigenvalue weighted by atomic mass is 9.71. The molecule has 2 aliphatic carbocycles. The Balaban J connectivity index is 1.60. The summed E-state index contributed by atoms with van der Waals surface area (Å²) in [7, 11) is 0. The Morgan fingerprint density at radius 3 is 1.38 bits per heavy atom. The minimum absolute atomic E-state index is 0.388. The van der Waals surface area contributed by atoms with Crippen LogP contribution in [0.2, 0.25) is 0 Å². The van der Waals surface area contributed by atoms with E-state index in [4.69, 9.17) is 11.5 Å². The maximum atomic E-state index is 6.33. The molecule has 0 saturated heterocycles. The van der Waals surface area contributed by atoms with E-state index in [0.717, 1.165) is 11.8 Å². The van der Waals surface area contributed by atoms with Gasteiger partial charge in [0.1, 0.15) is 0 Å². The summed E-state index contributed by atoms with van der Waals surface area (Å²) in [5, 5.41) is 0. The van der Waals surface area contributed by atoms with Crippen LogP contribution in [0.1, 0.15) is 64.5 Å². The van der Waals surface area contributed by atoms with Crippen molar-refractivity contribution >= 4 is 0 Å². The van der Waals surface area contributed by atoms with Gasteiger partial charge in [0.05, 0.1) is 0 Å². The lowest BCUT2D eigenvalue weighted by Crippen LogP contribution is -2.41. The molecule has 2 saturated carbocycles. The summed E-state index contributed by atoms with van der Waals surface area (Å²) in [5.41, 5.74) is 15.7. The van der Waals surface area contributed by atoms with Gasteiger partial charge in [-0.2, -0.15) is 0 Å². The first-order chi connectivity index (χ1) is 12.3. The molecule has 3 rings (SSSR count). The minimum atomic E-state index is 0.388. The van der Waals surface area contributed by atoms with Gasteiger partial charge in [-0.15, -0.1) is 0 Å². The Kier molecular flexibility index (Phi) is 6.45. The normalized spacial score (nSPS) is 41.2. The van der Waals surface area contributed by atoms with Crippen LogP contribution in [0.15, 0.2) is 24.3 Å². The summed E-state index contributed by atoms with van der Waals surface area (Å²) in [6.45, 7) is 9.33. The Morgan fingerprint density at radius 1 is 0.692 bits per heavy atom. The van der Waals surface area contributed by atoms with Crippen molar-refractivity contribution in [1.29, 1.82) is 0 Å². The van der Waals surface area contributed by atoms with E-state index in [1.54, 1.807) is 0 Å². The summed E-state index contributed by atoms with van der Waals surface area (Å²) >= 11 is 0. The molecule has 2 heteroatoms. The van der Waals surface area contributed by atoms with E-state index < -0.39 is 0 Å². The van der Waals surface area contributed by atoms with Crippen LogP contribution in [0, 0.1) is 35.5 Å². The van der Waals surface area contributed by atoms with Crippen LogP contribution in [0.25, 0.3) is 0 Å². The van der Waals surface area contributed by atoms with Crippen LogP contribution in [0.5, 0.6) is 0 Å². The second kappa shape index (κ2) is 8.44. The molecular weight excluding hydrogens is 316 g/mol. The molecule has 4 atom stereocenters. The molecule has 2 aliphatic rings. The average Bonchev–Trinajstić information content (AvgIpc) is 2.58.